The fourth-order valence-corrected chi connectivity index (χ4v) is 0.980. The van der Waals surface area contributed by atoms with Crippen molar-refractivity contribution < 1.29 is 19.8 Å². The van der Waals surface area contributed by atoms with E-state index < -0.39 is 5.97 Å². The zero-order valence-electron chi connectivity index (χ0n) is 5.36. The van der Waals surface area contributed by atoms with E-state index in [0.29, 0.717) is 9.33 Å². The zero-order chi connectivity index (χ0) is 8.43. The van der Waals surface area contributed by atoms with Crippen LogP contribution in [0, 0.1) is 0 Å². The molecule has 0 bridgehead atoms. The second-order valence-corrected chi connectivity index (χ2v) is 2.66. The van der Waals surface area contributed by atoms with Crippen molar-refractivity contribution in [2.45, 2.75) is 0 Å². The van der Waals surface area contributed by atoms with Crippen LogP contribution in [0.1, 0.15) is 10.5 Å². The van der Waals surface area contributed by atoms with Crippen LogP contribution >= 0.6 is 15.9 Å². The molecule has 0 saturated heterocycles. The largest absolute Gasteiger partial charge is 0.473 e. The van der Waals surface area contributed by atoms with E-state index in [1.807, 2.05) is 0 Å². The van der Waals surface area contributed by atoms with Gasteiger partial charge in [0.05, 0.1) is 0 Å². The Kier molecular flexibility index (Phi) is 2.09. The average Bonchev–Trinajstić information content (AvgIpc) is 1.94. The van der Waals surface area contributed by atoms with Gasteiger partial charge in [-0.3, -0.25) is 5.21 Å². The quantitative estimate of drug-likeness (QED) is 0.414. The minimum Gasteiger partial charge on any atom is -0.473 e. The lowest BCUT2D eigenvalue weighted by Gasteiger charge is -1.90. The van der Waals surface area contributed by atoms with Gasteiger partial charge >= 0.3 is 11.7 Å². The van der Waals surface area contributed by atoms with Crippen molar-refractivity contribution in [2.75, 3.05) is 0 Å². The molecule has 0 radical (unpaired) electrons. The summed E-state index contributed by atoms with van der Waals surface area (Å²) in [7, 11) is 0. The van der Waals surface area contributed by atoms with E-state index in [1.165, 1.54) is 18.2 Å². The summed E-state index contributed by atoms with van der Waals surface area (Å²) in [5, 5.41) is 17.5. The molecule has 0 saturated carbocycles. The van der Waals surface area contributed by atoms with E-state index in [-0.39, 0.29) is 5.69 Å². The van der Waals surface area contributed by atoms with Crippen LogP contribution in [0.5, 0.6) is 0 Å². The van der Waals surface area contributed by atoms with Crippen LogP contribution in [-0.2, 0) is 0 Å². The first-order chi connectivity index (χ1) is 5.13. The van der Waals surface area contributed by atoms with Crippen LogP contribution in [0.2, 0.25) is 0 Å². The molecule has 0 fully saturated rings. The van der Waals surface area contributed by atoms with E-state index in [9.17, 15) is 4.79 Å². The molecule has 1 heterocycles. The maximum absolute atomic E-state index is 10.4. The first-order valence-electron chi connectivity index (χ1n) is 2.76. The molecule has 58 valence electrons. The van der Waals surface area contributed by atoms with E-state index in [2.05, 4.69) is 15.9 Å². The van der Waals surface area contributed by atoms with Gasteiger partial charge in [-0.25, -0.2) is 4.79 Å². The maximum Gasteiger partial charge on any atom is 0.406 e. The summed E-state index contributed by atoms with van der Waals surface area (Å²) < 4.78 is 0.861. The summed E-state index contributed by atoms with van der Waals surface area (Å²) in [5.74, 6) is -1.17. The van der Waals surface area contributed by atoms with Gasteiger partial charge in [0, 0.05) is 32.8 Å². The smallest absolute Gasteiger partial charge is 0.406 e. The van der Waals surface area contributed by atoms with Crippen molar-refractivity contribution in [3.05, 3.63) is 28.5 Å². The van der Waals surface area contributed by atoms with E-state index in [1.54, 1.807) is 0 Å². The van der Waals surface area contributed by atoms with Gasteiger partial charge in [0.25, 0.3) is 4.60 Å². The van der Waals surface area contributed by atoms with Gasteiger partial charge in [-0.2, -0.15) is 0 Å². The lowest BCUT2D eigenvalue weighted by molar-refractivity contribution is -0.914. The SMILES string of the molecule is O=C(O)c1cccc(Br)[n+]1O. The van der Waals surface area contributed by atoms with E-state index in [4.69, 9.17) is 10.3 Å². The molecule has 1 aromatic rings. The van der Waals surface area contributed by atoms with Gasteiger partial charge in [-0.05, 0) is 6.07 Å². The van der Waals surface area contributed by atoms with Crippen molar-refractivity contribution in [3.8, 4) is 0 Å². The summed E-state index contributed by atoms with van der Waals surface area (Å²) in [5.41, 5.74) is -0.181. The Morgan fingerprint density at radius 3 is 2.64 bits per heavy atom. The molecule has 0 aliphatic rings. The predicted octanol–water partition coefficient (Wildman–Crippen LogP) is 0.672. The lowest BCUT2D eigenvalue weighted by atomic mass is 10.4. The number of carbonyl (C=O) groups is 1. The van der Waals surface area contributed by atoms with E-state index in [0.717, 1.165) is 0 Å². The molecule has 0 unspecified atom stereocenters. The van der Waals surface area contributed by atoms with Gasteiger partial charge in [-0.1, -0.05) is 0 Å². The highest BCUT2D eigenvalue weighted by molar-refractivity contribution is 9.10. The minimum absolute atomic E-state index is 0.181. The standard InChI is InChI=1S/C6H4BrNO3/c7-5-3-1-2-4(6(9)10)8(5)11/h1-3H,(H-,9,10,11)/p+1. The van der Waals surface area contributed by atoms with Crippen LogP contribution in [0.15, 0.2) is 22.8 Å². The second-order valence-electron chi connectivity index (χ2n) is 1.85. The van der Waals surface area contributed by atoms with Crippen molar-refractivity contribution in [1.29, 1.82) is 0 Å². The van der Waals surface area contributed by atoms with Gasteiger partial charge in [0.15, 0.2) is 0 Å². The molecule has 0 aliphatic carbocycles. The summed E-state index contributed by atoms with van der Waals surface area (Å²) in [6.07, 6.45) is 0. The molecule has 0 aliphatic heterocycles. The fraction of sp³-hybridized carbons (Fsp3) is 0. The number of aromatic carboxylic acids is 1. The number of hydrogen-bond donors (Lipinski definition) is 2. The molecular formula is C6H5BrNO3+. The Balaban J connectivity index is 3.27. The number of pyridine rings is 1. The molecule has 1 rings (SSSR count). The third-order valence-corrected chi connectivity index (χ3v) is 1.74. The van der Waals surface area contributed by atoms with Crippen LogP contribution in [0.3, 0.4) is 0 Å². The molecule has 1 aromatic heterocycles. The number of rotatable bonds is 1. The van der Waals surface area contributed by atoms with Gasteiger partial charge in [0.1, 0.15) is 0 Å². The van der Waals surface area contributed by atoms with Crippen molar-refractivity contribution in [1.82, 2.24) is 0 Å². The molecule has 0 aromatic carbocycles. The summed E-state index contributed by atoms with van der Waals surface area (Å²) in [4.78, 5) is 10.4. The highest BCUT2D eigenvalue weighted by Gasteiger charge is 2.20. The topological polar surface area (TPSA) is 61.4 Å². The highest BCUT2D eigenvalue weighted by Crippen LogP contribution is 2.02. The number of carboxylic acid groups (broad SMARTS) is 1. The summed E-state index contributed by atoms with van der Waals surface area (Å²) in [6, 6.07) is 4.36. The summed E-state index contributed by atoms with van der Waals surface area (Å²) in [6.45, 7) is 0. The number of carboxylic acids is 1. The molecule has 0 amide bonds. The monoisotopic (exact) mass is 218 g/mol. The van der Waals surface area contributed by atoms with Crippen LogP contribution in [0.25, 0.3) is 0 Å². The minimum atomic E-state index is -1.17. The van der Waals surface area contributed by atoms with Crippen molar-refractivity contribution in [2.24, 2.45) is 0 Å². The first-order valence-corrected chi connectivity index (χ1v) is 3.55. The Morgan fingerprint density at radius 2 is 2.18 bits per heavy atom. The Bertz CT molecular complexity index is 300. The highest BCUT2D eigenvalue weighted by atomic mass is 79.9. The Labute approximate surface area is 70.8 Å². The van der Waals surface area contributed by atoms with Crippen LogP contribution in [0.4, 0.5) is 0 Å². The second kappa shape index (κ2) is 2.87. The van der Waals surface area contributed by atoms with Gasteiger partial charge in [0.2, 0.25) is 0 Å². The number of aromatic nitrogens is 1. The Hall–Kier alpha value is -1.10. The molecule has 2 N–H and O–H groups in total. The first kappa shape index (κ1) is 8.00. The lowest BCUT2D eigenvalue weighted by Crippen LogP contribution is -2.38. The molecule has 11 heavy (non-hydrogen) atoms. The van der Waals surface area contributed by atoms with Crippen LogP contribution < -0.4 is 4.73 Å². The molecule has 0 atom stereocenters. The summed E-state index contributed by atoms with van der Waals surface area (Å²) >= 11 is 2.96. The molecule has 4 nitrogen and oxygen atoms in total. The molecule has 0 spiro atoms. The van der Waals surface area contributed by atoms with Gasteiger partial charge < -0.3 is 5.11 Å². The zero-order valence-corrected chi connectivity index (χ0v) is 6.95. The van der Waals surface area contributed by atoms with Gasteiger partial charge in [-0.15, -0.1) is 0 Å². The molecule has 5 heteroatoms. The van der Waals surface area contributed by atoms with Crippen molar-refractivity contribution in [3.63, 3.8) is 0 Å². The molecular weight excluding hydrogens is 214 g/mol. The number of hydrogen-bond acceptors (Lipinski definition) is 2. The van der Waals surface area contributed by atoms with Crippen molar-refractivity contribution >= 4 is 21.9 Å². The fourth-order valence-electron chi connectivity index (χ4n) is 0.637. The predicted molar refractivity (Wildman–Crippen MR) is 38.5 cm³/mol. The number of halogens is 1. The normalized spacial score (nSPS) is 9.55. The third-order valence-electron chi connectivity index (χ3n) is 1.14. The Morgan fingerprint density at radius 1 is 1.55 bits per heavy atom. The number of nitrogens with zero attached hydrogens (tertiary/aromatic N) is 1. The third kappa shape index (κ3) is 1.48. The maximum atomic E-state index is 10.4. The van der Waals surface area contributed by atoms with E-state index >= 15 is 0 Å². The average molecular weight is 219 g/mol. The van der Waals surface area contributed by atoms with Crippen LogP contribution in [-0.4, -0.2) is 16.3 Å².